The molecule has 0 fully saturated rings. The van der Waals surface area contributed by atoms with Gasteiger partial charge in [0.2, 0.25) is 0 Å². The van der Waals surface area contributed by atoms with Crippen LogP contribution in [0.15, 0.2) is 35.4 Å². The van der Waals surface area contributed by atoms with Crippen molar-refractivity contribution in [3.63, 3.8) is 0 Å². The van der Waals surface area contributed by atoms with Gasteiger partial charge in [0.15, 0.2) is 0 Å². The van der Waals surface area contributed by atoms with E-state index >= 15 is 0 Å². The fraction of sp³-hybridized carbons (Fsp3) is 0.200. The van der Waals surface area contributed by atoms with E-state index in [4.69, 9.17) is 0 Å². The van der Waals surface area contributed by atoms with Crippen molar-refractivity contribution in [1.29, 1.82) is 0 Å². The Morgan fingerprint density at radius 1 is 1.33 bits per heavy atom. The van der Waals surface area contributed by atoms with Gasteiger partial charge < -0.3 is 0 Å². The average molecular weight is 284 g/mol. The van der Waals surface area contributed by atoms with Gasteiger partial charge in [0, 0.05) is 10.2 Å². The largest absolute Gasteiger partial charge is 0.220 e. The normalized spacial score (nSPS) is 10.5. The first-order chi connectivity index (χ1) is 7.33. The third-order valence-corrected chi connectivity index (χ3v) is 3.33. The van der Waals surface area contributed by atoms with E-state index in [1.807, 2.05) is 18.3 Å². The lowest BCUT2D eigenvalue weighted by Crippen LogP contribution is -1.94. The van der Waals surface area contributed by atoms with Crippen LogP contribution in [0.5, 0.6) is 0 Å². The van der Waals surface area contributed by atoms with Crippen LogP contribution >= 0.6 is 27.7 Å². The predicted octanol–water partition coefficient (Wildman–Crippen LogP) is 2.88. The number of rotatable bonds is 3. The van der Waals surface area contributed by atoms with E-state index in [9.17, 15) is 0 Å². The second kappa shape index (κ2) is 4.81. The van der Waals surface area contributed by atoms with E-state index in [1.165, 1.54) is 4.90 Å². The highest BCUT2D eigenvalue weighted by Crippen LogP contribution is 2.16. The molecular weight excluding hydrogens is 274 g/mol. The van der Waals surface area contributed by atoms with Gasteiger partial charge in [-0.25, -0.2) is 4.68 Å². The standard InChI is InChI=1S/C10H10BrN3S/c1-15-10-4-2-9(3-5-10)14-7-8(6-11)12-13-14/h2-5,7H,6H2,1H3. The lowest BCUT2D eigenvalue weighted by Gasteiger charge is -2.00. The molecule has 1 heterocycles. The molecule has 0 spiro atoms. The first-order valence-corrected chi connectivity index (χ1v) is 6.79. The summed E-state index contributed by atoms with van der Waals surface area (Å²) in [6.07, 6.45) is 3.98. The number of alkyl halides is 1. The predicted molar refractivity (Wildman–Crippen MR) is 65.8 cm³/mol. The molecule has 0 aliphatic heterocycles. The van der Waals surface area contributed by atoms with Crippen LogP contribution in [-0.2, 0) is 5.33 Å². The van der Waals surface area contributed by atoms with Crippen LogP contribution in [0.25, 0.3) is 5.69 Å². The second-order valence-electron chi connectivity index (χ2n) is 2.99. The quantitative estimate of drug-likeness (QED) is 0.641. The SMILES string of the molecule is CSc1ccc(-n2cc(CBr)nn2)cc1. The van der Waals surface area contributed by atoms with E-state index in [1.54, 1.807) is 16.4 Å². The molecule has 0 radical (unpaired) electrons. The highest BCUT2D eigenvalue weighted by atomic mass is 79.9. The minimum atomic E-state index is 0.732. The van der Waals surface area contributed by atoms with Crippen LogP contribution in [0.1, 0.15) is 5.69 Å². The molecule has 0 N–H and O–H groups in total. The summed E-state index contributed by atoms with van der Waals surface area (Å²) >= 11 is 5.08. The Morgan fingerprint density at radius 3 is 2.60 bits per heavy atom. The van der Waals surface area contributed by atoms with E-state index in [-0.39, 0.29) is 0 Å². The highest BCUT2D eigenvalue weighted by molar-refractivity contribution is 9.08. The van der Waals surface area contributed by atoms with Gasteiger partial charge in [0.05, 0.1) is 17.6 Å². The van der Waals surface area contributed by atoms with Gasteiger partial charge in [-0.15, -0.1) is 16.9 Å². The van der Waals surface area contributed by atoms with Gasteiger partial charge in [0.25, 0.3) is 0 Å². The molecule has 0 atom stereocenters. The Balaban J connectivity index is 2.28. The Morgan fingerprint density at radius 2 is 2.07 bits per heavy atom. The molecule has 0 aliphatic rings. The number of hydrogen-bond acceptors (Lipinski definition) is 3. The molecular formula is C10H10BrN3S. The Kier molecular flexibility index (Phi) is 3.43. The molecule has 0 aliphatic carbocycles. The van der Waals surface area contributed by atoms with Crippen molar-refractivity contribution in [2.45, 2.75) is 10.2 Å². The summed E-state index contributed by atoms with van der Waals surface area (Å²) in [5.74, 6) is 0. The molecule has 1 aromatic carbocycles. The summed E-state index contributed by atoms with van der Waals surface area (Å²) in [5, 5.41) is 8.79. The van der Waals surface area contributed by atoms with Crippen LogP contribution in [0.3, 0.4) is 0 Å². The molecule has 0 unspecified atom stereocenters. The second-order valence-corrected chi connectivity index (χ2v) is 4.43. The van der Waals surface area contributed by atoms with E-state index < -0.39 is 0 Å². The molecule has 2 rings (SSSR count). The fourth-order valence-electron chi connectivity index (χ4n) is 1.22. The third-order valence-electron chi connectivity index (χ3n) is 2.01. The molecule has 3 nitrogen and oxygen atoms in total. The van der Waals surface area contributed by atoms with Gasteiger partial charge in [-0.05, 0) is 30.5 Å². The molecule has 1 aromatic heterocycles. The summed E-state index contributed by atoms with van der Waals surface area (Å²) in [4.78, 5) is 1.25. The number of nitrogens with zero attached hydrogens (tertiary/aromatic N) is 3. The molecule has 0 saturated heterocycles. The van der Waals surface area contributed by atoms with Gasteiger partial charge in [0.1, 0.15) is 0 Å². The van der Waals surface area contributed by atoms with Crippen molar-refractivity contribution in [1.82, 2.24) is 15.0 Å². The smallest absolute Gasteiger partial charge is 0.0937 e. The summed E-state index contributed by atoms with van der Waals surface area (Å²) in [6.45, 7) is 0. The zero-order chi connectivity index (χ0) is 10.7. The van der Waals surface area contributed by atoms with E-state index in [0.29, 0.717) is 0 Å². The Labute approximate surface area is 101 Å². The number of aromatic nitrogens is 3. The summed E-state index contributed by atoms with van der Waals surface area (Å²) in [5.41, 5.74) is 1.97. The summed E-state index contributed by atoms with van der Waals surface area (Å²) in [7, 11) is 0. The van der Waals surface area contributed by atoms with E-state index in [0.717, 1.165) is 16.7 Å². The van der Waals surface area contributed by atoms with Crippen LogP contribution in [-0.4, -0.2) is 21.2 Å². The first kappa shape index (κ1) is 10.7. The zero-order valence-corrected chi connectivity index (χ0v) is 10.6. The minimum absolute atomic E-state index is 0.732. The lowest BCUT2D eigenvalue weighted by atomic mass is 10.3. The van der Waals surface area contributed by atoms with Crippen molar-refractivity contribution in [3.8, 4) is 5.69 Å². The highest BCUT2D eigenvalue weighted by Gasteiger charge is 2.01. The minimum Gasteiger partial charge on any atom is -0.220 e. The maximum atomic E-state index is 4.04. The van der Waals surface area contributed by atoms with Crippen molar-refractivity contribution in [2.24, 2.45) is 0 Å². The van der Waals surface area contributed by atoms with Crippen molar-refractivity contribution in [2.75, 3.05) is 6.26 Å². The topological polar surface area (TPSA) is 30.7 Å². The lowest BCUT2D eigenvalue weighted by molar-refractivity contribution is 0.800. The molecule has 0 bridgehead atoms. The summed E-state index contributed by atoms with van der Waals surface area (Å²) < 4.78 is 1.78. The summed E-state index contributed by atoms with van der Waals surface area (Å²) in [6, 6.07) is 8.24. The molecule has 0 saturated carbocycles. The van der Waals surface area contributed by atoms with Crippen molar-refractivity contribution >= 4 is 27.7 Å². The maximum absolute atomic E-state index is 4.04. The molecule has 0 amide bonds. The first-order valence-electron chi connectivity index (χ1n) is 4.45. The van der Waals surface area contributed by atoms with Crippen molar-refractivity contribution < 1.29 is 0 Å². The fourth-order valence-corrected chi connectivity index (χ4v) is 1.89. The number of hydrogen-bond donors (Lipinski definition) is 0. The van der Waals surface area contributed by atoms with Crippen LogP contribution in [0.2, 0.25) is 0 Å². The molecule has 2 aromatic rings. The molecule has 78 valence electrons. The van der Waals surface area contributed by atoms with E-state index in [2.05, 4.69) is 44.6 Å². The number of thioether (sulfide) groups is 1. The average Bonchev–Trinajstić information content (AvgIpc) is 2.78. The zero-order valence-electron chi connectivity index (χ0n) is 8.22. The van der Waals surface area contributed by atoms with Crippen molar-refractivity contribution in [3.05, 3.63) is 36.2 Å². The molecule has 5 heteroatoms. The van der Waals surface area contributed by atoms with Gasteiger partial charge >= 0.3 is 0 Å². The number of benzene rings is 1. The Hall–Kier alpha value is -0.810. The Bertz CT molecular complexity index is 438. The third kappa shape index (κ3) is 2.41. The monoisotopic (exact) mass is 283 g/mol. The van der Waals surface area contributed by atoms with Crippen LogP contribution < -0.4 is 0 Å². The maximum Gasteiger partial charge on any atom is 0.0937 e. The molecule has 15 heavy (non-hydrogen) atoms. The van der Waals surface area contributed by atoms with Gasteiger partial charge in [-0.3, -0.25) is 0 Å². The van der Waals surface area contributed by atoms with Crippen LogP contribution in [0.4, 0.5) is 0 Å². The number of halogens is 1. The van der Waals surface area contributed by atoms with Crippen LogP contribution in [0, 0.1) is 0 Å². The van der Waals surface area contributed by atoms with Gasteiger partial charge in [-0.2, -0.15) is 0 Å². The van der Waals surface area contributed by atoms with Gasteiger partial charge in [-0.1, -0.05) is 21.1 Å².